The van der Waals surface area contributed by atoms with Crippen LogP contribution in [-0.2, 0) is 4.79 Å². The van der Waals surface area contributed by atoms with E-state index in [-0.39, 0.29) is 22.9 Å². The van der Waals surface area contributed by atoms with Crippen LogP contribution >= 0.6 is 17.0 Å². The SMILES string of the molecule is Br.CC[C@@H]1CCCCN1C(=O)/C=C/c1c(-c2ccccc2)nn2ccccc12. The summed E-state index contributed by atoms with van der Waals surface area (Å²) in [5.74, 6) is 0.107. The lowest BCUT2D eigenvalue weighted by Crippen LogP contribution is -2.42. The predicted molar refractivity (Wildman–Crippen MR) is 120 cm³/mol. The van der Waals surface area contributed by atoms with E-state index in [4.69, 9.17) is 5.10 Å². The average Bonchev–Trinajstić information content (AvgIpc) is 3.11. The number of carbonyl (C=O) groups excluding carboxylic acids is 1. The van der Waals surface area contributed by atoms with E-state index in [1.54, 1.807) is 6.08 Å². The van der Waals surface area contributed by atoms with Crippen LogP contribution in [0.4, 0.5) is 0 Å². The Balaban J connectivity index is 0.00000225. The van der Waals surface area contributed by atoms with Gasteiger partial charge in [-0.3, -0.25) is 4.79 Å². The van der Waals surface area contributed by atoms with Gasteiger partial charge in [0.15, 0.2) is 0 Å². The zero-order valence-corrected chi connectivity index (χ0v) is 17.8. The van der Waals surface area contributed by atoms with Crippen molar-refractivity contribution in [1.29, 1.82) is 0 Å². The Morgan fingerprint density at radius 3 is 2.71 bits per heavy atom. The lowest BCUT2D eigenvalue weighted by atomic mass is 10.00. The van der Waals surface area contributed by atoms with Crippen molar-refractivity contribution in [3.8, 4) is 11.3 Å². The highest BCUT2D eigenvalue weighted by Crippen LogP contribution is 2.27. The van der Waals surface area contributed by atoms with E-state index in [1.165, 1.54) is 6.42 Å². The monoisotopic (exact) mass is 439 g/mol. The van der Waals surface area contributed by atoms with Gasteiger partial charge in [0.1, 0.15) is 5.69 Å². The molecular formula is C23H26BrN3O. The van der Waals surface area contributed by atoms with Crippen molar-refractivity contribution in [1.82, 2.24) is 14.5 Å². The number of benzene rings is 1. The highest BCUT2D eigenvalue weighted by Gasteiger charge is 2.23. The molecule has 3 heterocycles. The van der Waals surface area contributed by atoms with Crippen LogP contribution < -0.4 is 0 Å². The van der Waals surface area contributed by atoms with Gasteiger partial charge in [0.05, 0.1) is 5.52 Å². The van der Waals surface area contributed by atoms with Crippen LogP contribution in [-0.4, -0.2) is 33.0 Å². The highest BCUT2D eigenvalue weighted by molar-refractivity contribution is 8.93. The number of hydrogen-bond donors (Lipinski definition) is 0. The molecule has 0 bridgehead atoms. The zero-order valence-electron chi connectivity index (χ0n) is 16.1. The lowest BCUT2D eigenvalue weighted by molar-refractivity contribution is -0.129. The molecule has 1 aromatic carbocycles. The Labute approximate surface area is 176 Å². The molecule has 1 amide bonds. The number of nitrogens with zero attached hydrogens (tertiary/aromatic N) is 3. The summed E-state index contributed by atoms with van der Waals surface area (Å²) in [6, 6.07) is 16.5. The molecule has 4 rings (SSSR count). The van der Waals surface area contributed by atoms with Gasteiger partial charge in [0.25, 0.3) is 0 Å². The van der Waals surface area contributed by atoms with Crippen LogP contribution in [0.2, 0.25) is 0 Å². The van der Waals surface area contributed by atoms with Gasteiger partial charge in [-0.2, -0.15) is 5.10 Å². The average molecular weight is 440 g/mol. The summed E-state index contributed by atoms with van der Waals surface area (Å²) in [5.41, 5.74) is 3.94. The molecule has 5 heteroatoms. The fourth-order valence-electron chi connectivity index (χ4n) is 3.96. The van der Waals surface area contributed by atoms with Gasteiger partial charge in [-0.1, -0.05) is 43.3 Å². The molecule has 1 aliphatic rings. The topological polar surface area (TPSA) is 37.6 Å². The fourth-order valence-corrected chi connectivity index (χ4v) is 3.96. The Kier molecular flexibility index (Phi) is 6.68. The van der Waals surface area contributed by atoms with Crippen molar-refractivity contribution in [3.63, 3.8) is 0 Å². The first-order chi connectivity index (χ1) is 13.3. The van der Waals surface area contributed by atoms with Crippen molar-refractivity contribution in [2.45, 2.75) is 38.6 Å². The lowest BCUT2D eigenvalue weighted by Gasteiger charge is -2.34. The predicted octanol–water partition coefficient (Wildman–Crippen LogP) is 5.38. The summed E-state index contributed by atoms with van der Waals surface area (Å²) in [4.78, 5) is 14.9. The molecule has 1 fully saturated rings. The Hall–Kier alpha value is -2.40. The zero-order chi connectivity index (χ0) is 18.6. The maximum absolute atomic E-state index is 12.9. The van der Waals surface area contributed by atoms with E-state index < -0.39 is 0 Å². The summed E-state index contributed by atoms with van der Waals surface area (Å²) in [5, 5.41) is 4.75. The first-order valence-electron chi connectivity index (χ1n) is 9.79. The normalized spacial score (nSPS) is 17.0. The molecular weight excluding hydrogens is 414 g/mol. The third-order valence-electron chi connectivity index (χ3n) is 5.40. The minimum Gasteiger partial charge on any atom is -0.336 e. The number of fused-ring (bicyclic) bond motifs is 1. The van der Waals surface area contributed by atoms with Crippen LogP contribution in [0.15, 0.2) is 60.8 Å². The summed E-state index contributed by atoms with van der Waals surface area (Å²) < 4.78 is 1.88. The number of carbonyl (C=O) groups is 1. The van der Waals surface area contributed by atoms with E-state index in [1.807, 2.05) is 58.1 Å². The number of aromatic nitrogens is 2. The molecule has 0 radical (unpaired) electrons. The van der Waals surface area contributed by atoms with Crippen LogP contribution in [0.1, 0.15) is 38.2 Å². The van der Waals surface area contributed by atoms with E-state index in [0.717, 1.165) is 48.1 Å². The summed E-state index contributed by atoms with van der Waals surface area (Å²) in [7, 11) is 0. The number of amides is 1. The van der Waals surface area contributed by atoms with Gasteiger partial charge in [-0.05, 0) is 43.9 Å². The molecule has 3 aromatic rings. The summed E-state index contributed by atoms with van der Waals surface area (Å²) >= 11 is 0. The van der Waals surface area contributed by atoms with Crippen LogP contribution in [0.5, 0.6) is 0 Å². The third-order valence-corrected chi connectivity index (χ3v) is 5.40. The van der Waals surface area contributed by atoms with Crippen molar-refractivity contribution < 1.29 is 4.79 Å². The number of pyridine rings is 1. The number of likely N-dealkylation sites (tertiary alicyclic amines) is 1. The molecule has 146 valence electrons. The number of hydrogen-bond acceptors (Lipinski definition) is 2. The van der Waals surface area contributed by atoms with Gasteiger partial charge in [0.2, 0.25) is 5.91 Å². The van der Waals surface area contributed by atoms with E-state index in [0.29, 0.717) is 6.04 Å². The molecule has 0 spiro atoms. The maximum atomic E-state index is 12.9. The van der Waals surface area contributed by atoms with Gasteiger partial charge < -0.3 is 4.90 Å². The van der Waals surface area contributed by atoms with Crippen LogP contribution in [0.3, 0.4) is 0 Å². The van der Waals surface area contributed by atoms with Gasteiger partial charge in [-0.25, -0.2) is 4.52 Å². The molecule has 4 nitrogen and oxygen atoms in total. The van der Waals surface area contributed by atoms with Crippen LogP contribution in [0, 0.1) is 0 Å². The number of halogens is 1. The Morgan fingerprint density at radius 1 is 1.14 bits per heavy atom. The molecule has 28 heavy (non-hydrogen) atoms. The second kappa shape index (κ2) is 9.20. The minimum absolute atomic E-state index is 0. The van der Waals surface area contributed by atoms with Crippen LogP contribution in [0.25, 0.3) is 22.9 Å². The minimum atomic E-state index is 0. The Bertz CT molecular complexity index is 964. The largest absolute Gasteiger partial charge is 0.336 e. The number of rotatable bonds is 4. The second-order valence-electron chi connectivity index (χ2n) is 7.08. The first-order valence-corrected chi connectivity index (χ1v) is 9.79. The molecule has 1 atom stereocenters. The highest BCUT2D eigenvalue weighted by atomic mass is 79.9. The standard InChI is InChI=1S/C23H25N3O.BrH/c1-2-19-12-6-8-16-25(19)22(27)15-14-20-21-13-7-9-17-26(21)24-23(20)18-10-4-3-5-11-18;/h3-5,7,9-11,13-15,17,19H,2,6,8,12,16H2,1H3;1H/b15-14+;/t19-;/m1./s1. The molecule has 0 saturated carbocycles. The third kappa shape index (κ3) is 4.04. The van der Waals surface area contributed by atoms with Crippen molar-refractivity contribution >= 4 is 34.5 Å². The fraction of sp³-hybridized carbons (Fsp3) is 0.304. The van der Waals surface area contributed by atoms with E-state index in [9.17, 15) is 4.79 Å². The van der Waals surface area contributed by atoms with Crippen molar-refractivity contribution in [3.05, 3.63) is 66.4 Å². The second-order valence-corrected chi connectivity index (χ2v) is 7.08. The maximum Gasteiger partial charge on any atom is 0.246 e. The molecule has 1 saturated heterocycles. The van der Waals surface area contributed by atoms with Crippen molar-refractivity contribution in [2.75, 3.05) is 6.54 Å². The summed E-state index contributed by atoms with van der Waals surface area (Å²) in [6.45, 7) is 3.03. The van der Waals surface area contributed by atoms with E-state index >= 15 is 0 Å². The molecule has 0 unspecified atom stereocenters. The molecule has 2 aromatic heterocycles. The molecule has 1 aliphatic heterocycles. The smallest absolute Gasteiger partial charge is 0.246 e. The number of piperidine rings is 1. The first kappa shape index (κ1) is 20.3. The quantitative estimate of drug-likeness (QED) is 0.511. The van der Waals surface area contributed by atoms with Gasteiger partial charge in [0, 0.05) is 36.0 Å². The Morgan fingerprint density at radius 2 is 1.93 bits per heavy atom. The van der Waals surface area contributed by atoms with Crippen molar-refractivity contribution in [2.24, 2.45) is 0 Å². The van der Waals surface area contributed by atoms with E-state index in [2.05, 4.69) is 19.1 Å². The molecule has 0 N–H and O–H groups in total. The molecule has 0 aliphatic carbocycles. The van der Waals surface area contributed by atoms with Gasteiger partial charge in [-0.15, -0.1) is 17.0 Å². The van der Waals surface area contributed by atoms with Gasteiger partial charge >= 0.3 is 0 Å². The summed E-state index contributed by atoms with van der Waals surface area (Å²) in [6.07, 6.45) is 10.1.